The van der Waals surface area contributed by atoms with Gasteiger partial charge in [-0.15, -0.1) is 0 Å². The van der Waals surface area contributed by atoms with E-state index in [0.29, 0.717) is 79.6 Å². The maximum absolute atomic E-state index is 14.9. The maximum atomic E-state index is 14.9. The van der Waals surface area contributed by atoms with Crippen molar-refractivity contribution in [1.29, 1.82) is 0 Å². The van der Waals surface area contributed by atoms with E-state index in [2.05, 4.69) is 0 Å². The summed E-state index contributed by atoms with van der Waals surface area (Å²) in [6.45, 7) is 5.18. The lowest BCUT2D eigenvalue weighted by Crippen LogP contribution is -2.54. The third-order valence-corrected chi connectivity index (χ3v) is 12.9. The van der Waals surface area contributed by atoms with Crippen molar-refractivity contribution in [2.45, 2.75) is 43.2 Å². The van der Waals surface area contributed by atoms with Gasteiger partial charge in [-0.3, -0.25) is 14.8 Å². The van der Waals surface area contributed by atoms with Crippen LogP contribution in [0.5, 0.6) is 5.75 Å². The molecule has 0 N–H and O–H groups in total. The maximum Gasteiger partial charge on any atom is 0.326 e. The van der Waals surface area contributed by atoms with Crippen LogP contribution in [0.25, 0.3) is 0 Å². The number of aliphatic imine (C=N–C) groups is 1. The van der Waals surface area contributed by atoms with Gasteiger partial charge in [-0.05, 0) is 73.4 Å². The van der Waals surface area contributed by atoms with Crippen molar-refractivity contribution in [1.82, 2.24) is 19.0 Å². The number of amides is 2. The fourth-order valence-electron chi connectivity index (χ4n) is 6.84. The summed E-state index contributed by atoms with van der Waals surface area (Å²) in [6, 6.07) is 17.9. The van der Waals surface area contributed by atoms with Gasteiger partial charge < -0.3 is 9.64 Å². The van der Waals surface area contributed by atoms with Crippen molar-refractivity contribution >= 4 is 54.9 Å². The molecule has 51 heavy (non-hydrogen) atoms. The predicted octanol–water partition coefficient (Wildman–Crippen LogP) is 5.89. The van der Waals surface area contributed by atoms with E-state index in [1.165, 1.54) is 10.6 Å². The van der Waals surface area contributed by atoms with E-state index in [9.17, 15) is 21.6 Å². The van der Waals surface area contributed by atoms with Crippen molar-refractivity contribution in [2.24, 2.45) is 4.99 Å². The first-order chi connectivity index (χ1) is 24.4. The third-order valence-electron chi connectivity index (χ3n) is 9.56. The second kappa shape index (κ2) is 15.8. The van der Waals surface area contributed by atoms with Gasteiger partial charge in [0.15, 0.2) is 0 Å². The van der Waals surface area contributed by atoms with Gasteiger partial charge in [0.1, 0.15) is 27.5 Å². The van der Waals surface area contributed by atoms with E-state index in [1.807, 2.05) is 36.1 Å². The molecule has 0 spiro atoms. The normalized spacial score (nSPS) is 20.7. The third kappa shape index (κ3) is 8.55. The Balaban J connectivity index is 1.46. The number of piperidine rings is 1. The molecular weight excluding hydrogens is 733 g/mol. The Labute approximate surface area is 310 Å². The Kier molecular flexibility index (Phi) is 11.6. The zero-order valence-corrected chi connectivity index (χ0v) is 31.9. The summed E-state index contributed by atoms with van der Waals surface area (Å²) < 4.78 is 59.2. The lowest BCUT2D eigenvalue weighted by atomic mass is 9.93. The van der Waals surface area contributed by atoms with Crippen LogP contribution in [-0.2, 0) is 19.9 Å². The van der Waals surface area contributed by atoms with Crippen molar-refractivity contribution in [3.63, 3.8) is 0 Å². The number of urea groups is 1. The molecule has 3 heterocycles. The van der Waals surface area contributed by atoms with Gasteiger partial charge in [0.2, 0.25) is 10.0 Å². The molecule has 0 aliphatic carbocycles. The van der Waals surface area contributed by atoms with Gasteiger partial charge >= 0.3 is 6.03 Å². The Morgan fingerprint density at radius 3 is 2.02 bits per heavy atom. The van der Waals surface area contributed by atoms with Gasteiger partial charge in [-0.25, -0.2) is 21.6 Å². The Hall–Kier alpha value is -3.20. The van der Waals surface area contributed by atoms with Crippen LogP contribution in [0.3, 0.4) is 0 Å². The summed E-state index contributed by atoms with van der Waals surface area (Å²) in [5.74, 6) is 0.740. The average Bonchev–Trinajstić information content (AvgIpc) is 3.52. The molecule has 2 atom stereocenters. The van der Waals surface area contributed by atoms with E-state index in [4.69, 9.17) is 32.9 Å². The van der Waals surface area contributed by atoms with E-state index in [0.717, 1.165) is 30.4 Å². The Bertz CT molecular complexity index is 1960. The molecule has 11 nitrogen and oxygen atoms in total. The first-order valence-corrected chi connectivity index (χ1v) is 21.5. The number of rotatable bonds is 10. The number of sulfonamides is 1. The quantitative estimate of drug-likeness (QED) is 0.252. The number of hydrogen-bond acceptors (Lipinski definition) is 8. The SMILES string of the molecule is CCOc1ccc(S(=O)(=O)N2CCCCC2)cc1C1=NC(c2ccc(Cl)cc2)C(c2ccc(Cl)cc2)N1C(=O)N1CCN(CCS(C)(=O)=O)CC1. The molecule has 3 aliphatic heterocycles. The highest BCUT2D eigenvalue weighted by molar-refractivity contribution is 7.90. The number of carbonyl (C=O) groups is 1. The van der Waals surface area contributed by atoms with Crippen LogP contribution in [0, 0.1) is 0 Å². The minimum Gasteiger partial charge on any atom is -0.493 e. The van der Waals surface area contributed by atoms with Gasteiger partial charge in [0.05, 0.1) is 28.9 Å². The molecule has 0 saturated carbocycles. The molecule has 2 fully saturated rings. The Morgan fingerprint density at radius 2 is 1.43 bits per heavy atom. The van der Waals surface area contributed by atoms with Gasteiger partial charge in [-0.2, -0.15) is 4.31 Å². The van der Waals surface area contributed by atoms with E-state index in [1.54, 1.807) is 52.3 Å². The van der Waals surface area contributed by atoms with Crippen molar-refractivity contribution in [3.8, 4) is 5.75 Å². The molecular formula is C36H43Cl2N5O6S2. The number of ether oxygens (including phenoxy) is 1. The molecule has 3 aliphatic rings. The van der Waals surface area contributed by atoms with Gasteiger partial charge in [-0.1, -0.05) is 53.9 Å². The van der Waals surface area contributed by atoms with Crippen molar-refractivity contribution in [2.75, 3.05) is 64.4 Å². The topological polar surface area (TPSA) is 120 Å². The molecule has 3 aromatic carbocycles. The van der Waals surface area contributed by atoms with Crippen LogP contribution in [0.15, 0.2) is 76.6 Å². The molecule has 2 amide bonds. The first kappa shape index (κ1) is 37.6. The molecule has 2 unspecified atom stereocenters. The summed E-state index contributed by atoms with van der Waals surface area (Å²) in [7, 11) is -6.97. The van der Waals surface area contributed by atoms with Crippen molar-refractivity contribution in [3.05, 3.63) is 93.5 Å². The fourth-order valence-corrected chi connectivity index (χ4v) is 9.23. The number of amidine groups is 1. The van der Waals surface area contributed by atoms with E-state index in [-0.39, 0.29) is 16.7 Å². The van der Waals surface area contributed by atoms with E-state index >= 15 is 0 Å². The molecule has 0 bridgehead atoms. The van der Waals surface area contributed by atoms with Crippen molar-refractivity contribution < 1.29 is 26.4 Å². The summed E-state index contributed by atoms with van der Waals surface area (Å²) in [4.78, 5) is 25.7. The fraction of sp³-hybridized carbons (Fsp3) is 0.444. The number of halogens is 2. The number of carbonyl (C=O) groups excluding carboxylic acids is 1. The van der Waals surface area contributed by atoms with Gasteiger partial charge in [0, 0.05) is 62.1 Å². The zero-order chi connectivity index (χ0) is 36.3. The molecule has 274 valence electrons. The van der Waals surface area contributed by atoms with Crippen LogP contribution in [0.4, 0.5) is 4.79 Å². The minimum absolute atomic E-state index is 0.0438. The first-order valence-electron chi connectivity index (χ1n) is 17.2. The molecule has 0 radical (unpaired) electrons. The average molecular weight is 777 g/mol. The molecule has 6 rings (SSSR count). The van der Waals surface area contributed by atoms with Crippen LogP contribution < -0.4 is 4.74 Å². The largest absolute Gasteiger partial charge is 0.493 e. The highest BCUT2D eigenvalue weighted by Gasteiger charge is 2.45. The molecule has 3 aromatic rings. The lowest BCUT2D eigenvalue weighted by molar-refractivity contribution is 0.122. The minimum atomic E-state index is -3.84. The number of sulfone groups is 1. The molecule has 0 aromatic heterocycles. The summed E-state index contributed by atoms with van der Waals surface area (Å²) >= 11 is 12.6. The van der Waals surface area contributed by atoms with Crippen LogP contribution in [-0.4, -0.2) is 112 Å². The number of piperazine rings is 1. The Morgan fingerprint density at radius 1 is 0.824 bits per heavy atom. The van der Waals surface area contributed by atoms with Gasteiger partial charge in [0.25, 0.3) is 0 Å². The van der Waals surface area contributed by atoms with Crippen LogP contribution in [0.1, 0.15) is 55.0 Å². The predicted molar refractivity (Wildman–Crippen MR) is 200 cm³/mol. The summed E-state index contributed by atoms with van der Waals surface area (Å²) in [5.41, 5.74) is 1.99. The zero-order valence-electron chi connectivity index (χ0n) is 28.7. The standard InChI is InChI=1S/C36H43Cl2N5O6S2/c1-3-49-32-16-15-30(51(47,48)42-17-5-4-6-18-42)25-31(32)35-39-33(26-7-11-28(37)12-8-26)34(27-9-13-29(38)14-10-27)43(35)36(44)41-21-19-40(20-22-41)23-24-50(2,45)46/h7-16,25,33-34H,3-6,17-24H2,1-2H3. The summed E-state index contributed by atoms with van der Waals surface area (Å²) in [6.07, 6.45) is 3.80. The number of nitrogens with zero attached hydrogens (tertiary/aromatic N) is 5. The second-order valence-corrected chi connectivity index (χ2v) is 18.2. The monoisotopic (exact) mass is 775 g/mol. The highest BCUT2D eigenvalue weighted by Crippen LogP contribution is 2.46. The summed E-state index contributed by atoms with van der Waals surface area (Å²) in [5, 5.41) is 1.10. The molecule has 15 heteroatoms. The number of benzene rings is 3. The highest BCUT2D eigenvalue weighted by atomic mass is 35.5. The number of hydrogen-bond donors (Lipinski definition) is 0. The van der Waals surface area contributed by atoms with Crippen LogP contribution >= 0.6 is 23.2 Å². The van der Waals surface area contributed by atoms with E-state index < -0.39 is 31.9 Å². The molecule has 2 saturated heterocycles. The van der Waals surface area contributed by atoms with Crippen LogP contribution in [0.2, 0.25) is 10.0 Å². The lowest BCUT2D eigenvalue weighted by Gasteiger charge is -2.39. The smallest absolute Gasteiger partial charge is 0.326 e. The second-order valence-electron chi connectivity index (χ2n) is 13.1.